The Morgan fingerprint density at radius 2 is 2.06 bits per heavy atom. The third-order valence-corrected chi connectivity index (χ3v) is 3.41. The van der Waals surface area contributed by atoms with Crippen LogP contribution < -0.4 is 11.1 Å². The van der Waals surface area contributed by atoms with E-state index in [0.717, 1.165) is 30.7 Å². The van der Waals surface area contributed by atoms with Gasteiger partial charge in [0, 0.05) is 6.54 Å². The van der Waals surface area contributed by atoms with Crippen molar-refractivity contribution in [1.82, 2.24) is 5.32 Å². The average molecular weight is 266 g/mol. The summed E-state index contributed by atoms with van der Waals surface area (Å²) in [6.07, 6.45) is 4.84. The highest BCUT2D eigenvalue weighted by atomic mass is 32.2. The summed E-state index contributed by atoms with van der Waals surface area (Å²) >= 11 is 1.83. The lowest BCUT2D eigenvalue weighted by atomic mass is 10.1. The first-order valence-electron chi connectivity index (χ1n) is 6.30. The predicted molar refractivity (Wildman–Crippen MR) is 78.7 cm³/mol. The summed E-state index contributed by atoms with van der Waals surface area (Å²) in [4.78, 5) is 11.7. The van der Waals surface area contributed by atoms with E-state index in [0.29, 0.717) is 6.42 Å². The molecule has 1 aromatic carbocycles. The first-order chi connectivity index (χ1) is 8.74. The van der Waals surface area contributed by atoms with Crippen LogP contribution in [0, 0.1) is 0 Å². The monoisotopic (exact) mass is 266 g/mol. The number of amides is 1. The SMILES string of the molecule is CSCCCCNC(=O)[C@@H](N)Cc1ccccc1. The highest BCUT2D eigenvalue weighted by Gasteiger charge is 2.12. The van der Waals surface area contributed by atoms with Gasteiger partial charge in [-0.15, -0.1) is 0 Å². The number of benzene rings is 1. The van der Waals surface area contributed by atoms with Gasteiger partial charge in [0.25, 0.3) is 0 Å². The van der Waals surface area contributed by atoms with E-state index in [1.54, 1.807) is 0 Å². The maximum atomic E-state index is 11.7. The Balaban J connectivity index is 2.21. The fourth-order valence-corrected chi connectivity index (χ4v) is 2.17. The Bertz CT molecular complexity index is 343. The van der Waals surface area contributed by atoms with E-state index in [2.05, 4.69) is 11.6 Å². The molecular weight excluding hydrogens is 244 g/mol. The molecule has 0 aliphatic heterocycles. The first kappa shape index (κ1) is 15.1. The normalized spacial score (nSPS) is 12.1. The Kier molecular flexibility index (Phi) is 7.53. The average Bonchev–Trinajstić information content (AvgIpc) is 2.39. The molecule has 18 heavy (non-hydrogen) atoms. The lowest BCUT2D eigenvalue weighted by Gasteiger charge is -2.12. The molecule has 0 saturated heterocycles. The molecule has 0 radical (unpaired) electrons. The molecule has 0 aliphatic carbocycles. The van der Waals surface area contributed by atoms with Crippen molar-refractivity contribution in [3.63, 3.8) is 0 Å². The third kappa shape index (κ3) is 6.07. The lowest BCUT2D eigenvalue weighted by Crippen LogP contribution is -2.42. The third-order valence-electron chi connectivity index (χ3n) is 2.71. The summed E-state index contributed by atoms with van der Waals surface area (Å²) in [5.41, 5.74) is 6.97. The maximum Gasteiger partial charge on any atom is 0.237 e. The van der Waals surface area contributed by atoms with Crippen molar-refractivity contribution in [2.45, 2.75) is 25.3 Å². The van der Waals surface area contributed by atoms with Crippen molar-refractivity contribution in [2.75, 3.05) is 18.6 Å². The van der Waals surface area contributed by atoms with E-state index in [4.69, 9.17) is 5.73 Å². The lowest BCUT2D eigenvalue weighted by molar-refractivity contribution is -0.122. The summed E-state index contributed by atoms with van der Waals surface area (Å²) in [5, 5.41) is 2.89. The van der Waals surface area contributed by atoms with Crippen LogP contribution in [-0.2, 0) is 11.2 Å². The second-order valence-corrected chi connectivity index (χ2v) is 5.27. The van der Waals surface area contributed by atoms with Crippen LogP contribution in [0.3, 0.4) is 0 Å². The number of hydrogen-bond acceptors (Lipinski definition) is 3. The van der Waals surface area contributed by atoms with Crippen molar-refractivity contribution in [1.29, 1.82) is 0 Å². The van der Waals surface area contributed by atoms with Crippen molar-refractivity contribution in [2.24, 2.45) is 5.73 Å². The van der Waals surface area contributed by atoms with Gasteiger partial charge in [-0.25, -0.2) is 0 Å². The number of nitrogens with two attached hydrogens (primary N) is 1. The second kappa shape index (κ2) is 9.00. The highest BCUT2D eigenvalue weighted by Crippen LogP contribution is 2.02. The van der Waals surface area contributed by atoms with Crippen LogP contribution in [0.1, 0.15) is 18.4 Å². The van der Waals surface area contributed by atoms with Crippen LogP contribution in [0.2, 0.25) is 0 Å². The van der Waals surface area contributed by atoms with Gasteiger partial charge in [-0.1, -0.05) is 30.3 Å². The molecule has 100 valence electrons. The number of carbonyl (C=O) groups excluding carboxylic acids is 1. The second-order valence-electron chi connectivity index (χ2n) is 4.29. The largest absolute Gasteiger partial charge is 0.355 e. The topological polar surface area (TPSA) is 55.1 Å². The molecule has 1 amide bonds. The van der Waals surface area contributed by atoms with Crippen molar-refractivity contribution in [3.8, 4) is 0 Å². The molecule has 0 aromatic heterocycles. The molecule has 1 atom stereocenters. The molecule has 0 heterocycles. The molecule has 1 rings (SSSR count). The van der Waals surface area contributed by atoms with E-state index < -0.39 is 6.04 Å². The van der Waals surface area contributed by atoms with Crippen molar-refractivity contribution < 1.29 is 4.79 Å². The van der Waals surface area contributed by atoms with Gasteiger partial charge in [-0.2, -0.15) is 11.8 Å². The molecule has 0 unspecified atom stereocenters. The molecule has 4 heteroatoms. The zero-order valence-corrected chi connectivity index (χ0v) is 11.7. The molecule has 0 spiro atoms. The van der Waals surface area contributed by atoms with E-state index in [-0.39, 0.29) is 5.91 Å². The van der Waals surface area contributed by atoms with Crippen LogP contribution in [0.5, 0.6) is 0 Å². The van der Waals surface area contributed by atoms with Gasteiger partial charge in [-0.3, -0.25) is 4.79 Å². The molecular formula is C14H22N2OS. The number of nitrogens with one attached hydrogen (secondary N) is 1. The molecule has 3 nitrogen and oxygen atoms in total. The summed E-state index contributed by atoms with van der Waals surface area (Å²) in [6, 6.07) is 9.41. The maximum absolute atomic E-state index is 11.7. The number of carbonyl (C=O) groups is 1. The van der Waals surface area contributed by atoms with Gasteiger partial charge < -0.3 is 11.1 Å². The van der Waals surface area contributed by atoms with Crippen molar-refractivity contribution in [3.05, 3.63) is 35.9 Å². The standard InChI is InChI=1S/C14H22N2OS/c1-18-10-6-5-9-16-14(17)13(15)11-12-7-3-2-4-8-12/h2-4,7-8,13H,5-6,9-11,15H2,1H3,(H,16,17)/t13-/m0/s1. The van der Waals surface area contributed by atoms with Gasteiger partial charge in [0.2, 0.25) is 5.91 Å². The zero-order chi connectivity index (χ0) is 13.2. The molecule has 0 saturated carbocycles. The number of unbranched alkanes of at least 4 members (excludes halogenated alkanes) is 1. The summed E-state index contributed by atoms with van der Waals surface area (Å²) in [5.74, 6) is 1.09. The van der Waals surface area contributed by atoms with E-state index >= 15 is 0 Å². The molecule has 0 bridgehead atoms. The predicted octanol–water partition coefficient (Wildman–Crippen LogP) is 1.82. The highest BCUT2D eigenvalue weighted by molar-refractivity contribution is 7.98. The van der Waals surface area contributed by atoms with Gasteiger partial charge >= 0.3 is 0 Å². The van der Waals surface area contributed by atoms with Gasteiger partial charge in [0.15, 0.2) is 0 Å². The molecule has 0 aliphatic rings. The summed E-state index contributed by atoms with van der Waals surface area (Å²) in [7, 11) is 0. The van der Waals surface area contributed by atoms with Gasteiger partial charge in [0.1, 0.15) is 0 Å². The van der Waals surface area contributed by atoms with E-state index in [1.165, 1.54) is 0 Å². The Morgan fingerprint density at radius 3 is 2.72 bits per heavy atom. The van der Waals surface area contributed by atoms with Crippen LogP contribution in [0.4, 0.5) is 0 Å². The van der Waals surface area contributed by atoms with Crippen LogP contribution in [0.15, 0.2) is 30.3 Å². The molecule has 3 N–H and O–H groups in total. The number of hydrogen-bond donors (Lipinski definition) is 2. The van der Waals surface area contributed by atoms with E-state index in [9.17, 15) is 4.79 Å². The zero-order valence-electron chi connectivity index (χ0n) is 10.9. The smallest absolute Gasteiger partial charge is 0.237 e. The minimum atomic E-state index is -0.451. The summed E-state index contributed by atoms with van der Waals surface area (Å²) in [6.45, 7) is 0.724. The van der Waals surface area contributed by atoms with E-state index in [1.807, 2.05) is 42.1 Å². The number of rotatable bonds is 8. The Hall–Kier alpha value is -1.00. The minimum Gasteiger partial charge on any atom is -0.355 e. The van der Waals surface area contributed by atoms with Gasteiger partial charge in [-0.05, 0) is 36.8 Å². The van der Waals surface area contributed by atoms with Crippen LogP contribution in [-0.4, -0.2) is 30.5 Å². The summed E-state index contributed by atoms with van der Waals surface area (Å²) < 4.78 is 0. The Labute approximate surface area is 114 Å². The number of thioether (sulfide) groups is 1. The fourth-order valence-electron chi connectivity index (χ4n) is 1.67. The Morgan fingerprint density at radius 1 is 1.33 bits per heavy atom. The fraction of sp³-hybridized carbons (Fsp3) is 0.500. The quantitative estimate of drug-likeness (QED) is 0.706. The van der Waals surface area contributed by atoms with Crippen molar-refractivity contribution >= 4 is 17.7 Å². The van der Waals surface area contributed by atoms with Gasteiger partial charge in [0.05, 0.1) is 6.04 Å². The first-order valence-corrected chi connectivity index (χ1v) is 7.69. The van der Waals surface area contributed by atoms with Crippen LogP contribution >= 0.6 is 11.8 Å². The molecule has 0 fully saturated rings. The molecule has 1 aromatic rings. The van der Waals surface area contributed by atoms with Crippen LogP contribution in [0.25, 0.3) is 0 Å². The minimum absolute atomic E-state index is 0.0528.